The van der Waals surface area contributed by atoms with E-state index in [-0.39, 0.29) is 30.2 Å². The maximum absolute atomic E-state index is 11.6. The fraction of sp³-hybridized carbons (Fsp3) is 0.522. The molecule has 1 aromatic carbocycles. The maximum atomic E-state index is 11.6. The molecule has 1 rings (SSSR count). The zero-order valence-corrected chi connectivity index (χ0v) is 18.4. The number of hydrogen-bond donors (Lipinski definition) is 1. The van der Waals surface area contributed by atoms with Gasteiger partial charge >= 0.3 is 18.9 Å². The SMILES string of the molecule is CCCCCc1cc(OC)c(C/C=C(\C)CCC=C(C)C)c(O)c1C(=O)[O-].[Li+]. The van der Waals surface area contributed by atoms with E-state index in [1.165, 1.54) is 18.3 Å². The number of carbonyl (C=O) groups is 1. The van der Waals surface area contributed by atoms with Crippen molar-refractivity contribution in [3.63, 3.8) is 0 Å². The number of allylic oxidation sites excluding steroid dienone is 4. The molecule has 5 heteroatoms. The summed E-state index contributed by atoms with van der Waals surface area (Å²) in [5, 5.41) is 22.3. The molecule has 150 valence electrons. The van der Waals surface area contributed by atoms with E-state index in [4.69, 9.17) is 4.74 Å². The molecule has 0 atom stereocenters. The molecule has 0 aliphatic heterocycles. The summed E-state index contributed by atoms with van der Waals surface area (Å²) in [6.45, 7) is 8.28. The molecule has 0 fully saturated rings. The van der Waals surface area contributed by atoms with Crippen LogP contribution in [0.5, 0.6) is 11.5 Å². The topological polar surface area (TPSA) is 69.6 Å². The smallest absolute Gasteiger partial charge is 0.545 e. The van der Waals surface area contributed by atoms with Gasteiger partial charge in [0.25, 0.3) is 0 Å². The Morgan fingerprint density at radius 2 is 1.89 bits per heavy atom. The summed E-state index contributed by atoms with van der Waals surface area (Å²) < 4.78 is 5.44. The Morgan fingerprint density at radius 3 is 2.43 bits per heavy atom. The van der Waals surface area contributed by atoms with Crippen LogP contribution in [0.25, 0.3) is 0 Å². The first-order valence-electron chi connectivity index (χ1n) is 9.73. The molecule has 0 radical (unpaired) electrons. The van der Waals surface area contributed by atoms with Gasteiger partial charge in [-0.25, -0.2) is 0 Å². The van der Waals surface area contributed by atoms with Gasteiger partial charge in [0, 0.05) is 11.1 Å². The average Bonchev–Trinajstić information content (AvgIpc) is 2.59. The van der Waals surface area contributed by atoms with Crippen LogP contribution >= 0.6 is 0 Å². The van der Waals surface area contributed by atoms with Crippen LogP contribution in [0, 0.1) is 0 Å². The third-order valence-electron chi connectivity index (χ3n) is 4.67. The Hall–Kier alpha value is -1.63. The average molecular weight is 380 g/mol. The van der Waals surface area contributed by atoms with Gasteiger partial charge in [-0.3, -0.25) is 0 Å². The van der Waals surface area contributed by atoms with E-state index in [2.05, 4.69) is 26.8 Å². The minimum Gasteiger partial charge on any atom is -0.545 e. The van der Waals surface area contributed by atoms with Gasteiger partial charge in [-0.2, -0.15) is 0 Å². The molecule has 0 heterocycles. The molecule has 0 unspecified atom stereocenters. The van der Waals surface area contributed by atoms with Crippen LogP contribution in [0.2, 0.25) is 0 Å². The maximum Gasteiger partial charge on any atom is 1.00 e. The quantitative estimate of drug-likeness (QED) is 0.361. The fourth-order valence-corrected chi connectivity index (χ4v) is 3.07. The second-order valence-corrected chi connectivity index (χ2v) is 7.26. The molecular formula is C23H33LiO4. The van der Waals surface area contributed by atoms with E-state index >= 15 is 0 Å². The van der Waals surface area contributed by atoms with E-state index in [9.17, 15) is 15.0 Å². The van der Waals surface area contributed by atoms with Gasteiger partial charge < -0.3 is 19.7 Å². The van der Waals surface area contributed by atoms with Crippen molar-refractivity contribution in [2.24, 2.45) is 0 Å². The summed E-state index contributed by atoms with van der Waals surface area (Å²) in [6.07, 6.45) is 10.0. The summed E-state index contributed by atoms with van der Waals surface area (Å²) in [5.74, 6) is -1.04. The van der Waals surface area contributed by atoms with Crippen molar-refractivity contribution < 1.29 is 38.6 Å². The van der Waals surface area contributed by atoms with Crippen LogP contribution in [0.1, 0.15) is 81.3 Å². The number of ether oxygens (including phenoxy) is 1. The van der Waals surface area contributed by atoms with Gasteiger partial charge in [0.15, 0.2) is 0 Å². The molecule has 0 aromatic heterocycles. The van der Waals surface area contributed by atoms with E-state index in [1.54, 1.807) is 6.07 Å². The predicted octanol–water partition coefficient (Wildman–Crippen LogP) is 1.74. The normalized spacial score (nSPS) is 11.0. The third-order valence-corrected chi connectivity index (χ3v) is 4.67. The summed E-state index contributed by atoms with van der Waals surface area (Å²) in [4.78, 5) is 11.6. The van der Waals surface area contributed by atoms with Crippen molar-refractivity contribution in [2.75, 3.05) is 7.11 Å². The number of benzene rings is 1. The first-order chi connectivity index (χ1) is 12.8. The van der Waals surface area contributed by atoms with Crippen LogP contribution < -0.4 is 28.7 Å². The van der Waals surface area contributed by atoms with Crippen molar-refractivity contribution in [3.05, 3.63) is 46.1 Å². The molecule has 1 aromatic rings. The number of aryl methyl sites for hydroxylation is 1. The Bertz CT molecular complexity index is 701. The first-order valence-corrected chi connectivity index (χ1v) is 9.73. The Balaban J connectivity index is 0.00000729. The van der Waals surface area contributed by atoms with Gasteiger partial charge in [-0.05, 0) is 64.5 Å². The molecule has 4 nitrogen and oxygen atoms in total. The largest absolute Gasteiger partial charge is 1.00 e. The Morgan fingerprint density at radius 1 is 1.21 bits per heavy atom. The van der Waals surface area contributed by atoms with Crippen LogP contribution in [0.3, 0.4) is 0 Å². The molecule has 28 heavy (non-hydrogen) atoms. The molecule has 1 N–H and O–H groups in total. The molecule has 0 amide bonds. The number of hydrogen-bond acceptors (Lipinski definition) is 4. The second-order valence-electron chi connectivity index (χ2n) is 7.26. The Kier molecular flexibility index (Phi) is 12.7. The van der Waals surface area contributed by atoms with Crippen molar-refractivity contribution in [1.82, 2.24) is 0 Å². The number of unbranched alkanes of at least 4 members (excludes halogenated alkanes) is 2. The predicted molar refractivity (Wildman–Crippen MR) is 108 cm³/mol. The van der Waals surface area contributed by atoms with Crippen LogP contribution in [-0.4, -0.2) is 18.2 Å². The molecule has 0 spiro atoms. The first kappa shape index (κ1) is 26.4. The van der Waals surface area contributed by atoms with Crippen LogP contribution in [0.15, 0.2) is 29.4 Å². The number of aromatic hydroxyl groups is 1. The summed E-state index contributed by atoms with van der Waals surface area (Å²) in [5.41, 5.74) is 3.45. The van der Waals surface area contributed by atoms with Crippen molar-refractivity contribution in [3.8, 4) is 11.5 Å². The number of rotatable bonds is 11. The fourth-order valence-electron chi connectivity index (χ4n) is 3.07. The van der Waals surface area contributed by atoms with Gasteiger partial charge in [-0.1, -0.05) is 43.1 Å². The zero-order chi connectivity index (χ0) is 20.4. The molecule has 0 aliphatic carbocycles. The van der Waals surface area contributed by atoms with Gasteiger partial charge in [0.1, 0.15) is 11.5 Å². The van der Waals surface area contributed by atoms with Gasteiger partial charge in [0.2, 0.25) is 0 Å². The summed E-state index contributed by atoms with van der Waals surface area (Å²) in [7, 11) is 1.54. The second kappa shape index (κ2) is 13.5. The summed E-state index contributed by atoms with van der Waals surface area (Å²) in [6, 6.07) is 1.74. The zero-order valence-electron chi connectivity index (χ0n) is 18.4. The molecular weight excluding hydrogens is 347 g/mol. The van der Waals surface area contributed by atoms with Gasteiger partial charge in [0.05, 0.1) is 13.1 Å². The number of aromatic carboxylic acids is 1. The standard InChI is InChI=1S/C23H34O4.Li/c1-6-7-8-12-18-15-20(27-5)19(22(24)21(18)23(25)26)14-13-17(4)11-9-10-16(2)3;/h10,13,15,24H,6-9,11-12,14H2,1-5H3,(H,25,26);/q;+1/p-1/b17-13+;. The van der Waals surface area contributed by atoms with Crippen molar-refractivity contribution >= 4 is 5.97 Å². The van der Waals surface area contributed by atoms with Crippen molar-refractivity contribution in [1.29, 1.82) is 0 Å². The van der Waals surface area contributed by atoms with E-state index in [1.807, 2.05) is 13.0 Å². The van der Waals surface area contributed by atoms with Crippen LogP contribution in [-0.2, 0) is 12.8 Å². The van der Waals surface area contributed by atoms with E-state index < -0.39 is 5.97 Å². The minimum atomic E-state index is -1.34. The number of carboxylic acid groups (broad SMARTS) is 1. The van der Waals surface area contributed by atoms with Crippen molar-refractivity contribution in [2.45, 2.75) is 72.6 Å². The Labute approximate surface area is 181 Å². The minimum absolute atomic E-state index is 0. The molecule has 0 saturated carbocycles. The monoisotopic (exact) mass is 380 g/mol. The van der Waals surface area contributed by atoms with E-state index in [0.717, 1.165) is 32.1 Å². The molecule has 0 bridgehead atoms. The number of phenols is 1. The van der Waals surface area contributed by atoms with E-state index in [0.29, 0.717) is 29.7 Å². The summed E-state index contributed by atoms with van der Waals surface area (Å²) >= 11 is 0. The number of carbonyl (C=O) groups excluding carboxylic acids is 1. The van der Waals surface area contributed by atoms with Gasteiger partial charge in [-0.15, -0.1) is 0 Å². The number of carboxylic acids is 1. The number of methoxy groups -OCH3 is 1. The third kappa shape index (κ3) is 8.17. The van der Waals surface area contributed by atoms with Crippen LogP contribution in [0.4, 0.5) is 0 Å². The molecule has 0 aliphatic rings. The molecule has 0 saturated heterocycles.